The third kappa shape index (κ3) is 4.47. The van der Waals surface area contributed by atoms with Crippen molar-refractivity contribution >= 4 is 5.78 Å². The summed E-state index contributed by atoms with van der Waals surface area (Å²) in [6.45, 7) is 3.11. The first-order valence-electron chi connectivity index (χ1n) is 6.20. The van der Waals surface area contributed by atoms with Crippen molar-refractivity contribution in [3.8, 4) is 5.75 Å². The van der Waals surface area contributed by atoms with Crippen molar-refractivity contribution in [1.29, 1.82) is 0 Å². The van der Waals surface area contributed by atoms with Crippen molar-refractivity contribution < 1.29 is 14.3 Å². The zero-order valence-electron chi connectivity index (χ0n) is 11.0. The maximum Gasteiger partial charge on any atom is 0.179 e. The topological polar surface area (TPSA) is 61.5 Å². The zero-order chi connectivity index (χ0) is 13.4. The Hall–Kier alpha value is -1.39. The molecule has 1 atom stereocenters. The lowest BCUT2D eigenvalue weighted by Crippen LogP contribution is -2.30. The molecular weight excluding hydrogens is 230 g/mol. The molecule has 0 saturated heterocycles. The SMILES string of the molecule is CCOc1cccc(C(=O)C(N)CCCOC)c1. The molecule has 18 heavy (non-hydrogen) atoms. The number of methoxy groups -OCH3 is 1. The quantitative estimate of drug-likeness (QED) is 0.567. The van der Waals surface area contributed by atoms with Crippen LogP contribution in [-0.4, -0.2) is 32.1 Å². The highest BCUT2D eigenvalue weighted by atomic mass is 16.5. The van der Waals surface area contributed by atoms with Crippen LogP contribution in [0.2, 0.25) is 0 Å². The highest BCUT2D eigenvalue weighted by Gasteiger charge is 2.15. The second-order valence-electron chi connectivity index (χ2n) is 4.07. The maximum absolute atomic E-state index is 12.1. The molecule has 1 rings (SSSR count). The van der Waals surface area contributed by atoms with E-state index in [1.807, 2.05) is 13.0 Å². The lowest BCUT2D eigenvalue weighted by atomic mass is 10.0. The summed E-state index contributed by atoms with van der Waals surface area (Å²) in [5.41, 5.74) is 6.47. The van der Waals surface area contributed by atoms with Gasteiger partial charge >= 0.3 is 0 Å². The van der Waals surface area contributed by atoms with Gasteiger partial charge in [-0.25, -0.2) is 0 Å². The third-order valence-corrected chi connectivity index (χ3v) is 2.63. The van der Waals surface area contributed by atoms with Crippen molar-refractivity contribution in [3.63, 3.8) is 0 Å². The van der Waals surface area contributed by atoms with Gasteiger partial charge in [0.1, 0.15) is 5.75 Å². The Labute approximate surface area is 108 Å². The molecule has 0 bridgehead atoms. The minimum absolute atomic E-state index is 0.0485. The minimum atomic E-state index is -0.475. The summed E-state index contributed by atoms with van der Waals surface area (Å²) in [7, 11) is 1.64. The Morgan fingerprint density at radius 2 is 2.22 bits per heavy atom. The van der Waals surface area contributed by atoms with Crippen LogP contribution in [-0.2, 0) is 4.74 Å². The Balaban J connectivity index is 2.62. The van der Waals surface area contributed by atoms with Gasteiger partial charge in [-0.15, -0.1) is 0 Å². The molecule has 0 fully saturated rings. The molecule has 0 spiro atoms. The van der Waals surface area contributed by atoms with Gasteiger partial charge in [0.15, 0.2) is 5.78 Å². The molecule has 1 unspecified atom stereocenters. The second-order valence-corrected chi connectivity index (χ2v) is 4.07. The monoisotopic (exact) mass is 251 g/mol. The van der Waals surface area contributed by atoms with E-state index in [2.05, 4.69) is 0 Å². The van der Waals surface area contributed by atoms with Gasteiger partial charge < -0.3 is 15.2 Å². The number of Topliss-reactive ketones (excluding diaryl/α,β-unsaturated/α-hetero) is 1. The number of benzene rings is 1. The Morgan fingerprint density at radius 3 is 2.89 bits per heavy atom. The molecule has 0 aliphatic heterocycles. The van der Waals surface area contributed by atoms with E-state index in [1.54, 1.807) is 25.3 Å². The van der Waals surface area contributed by atoms with Gasteiger partial charge in [0.25, 0.3) is 0 Å². The van der Waals surface area contributed by atoms with Crippen LogP contribution < -0.4 is 10.5 Å². The molecular formula is C14H21NO3. The third-order valence-electron chi connectivity index (χ3n) is 2.63. The number of nitrogens with two attached hydrogens (primary N) is 1. The molecule has 0 radical (unpaired) electrons. The van der Waals surface area contributed by atoms with Crippen LogP contribution in [0, 0.1) is 0 Å². The van der Waals surface area contributed by atoms with Crippen LogP contribution >= 0.6 is 0 Å². The summed E-state index contributed by atoms with van der Waals surface area (Å²) in [6.07, 6.45) is 1.42. The van der Waals surface area contributed by atoms with E-state index in [-0.39, 0.29) is 5.78 Å². The number of rotatable bonds is 8. The highest BCUT2D eigenvalue weighted by Crippen LogP contribution is 2.15. The van der Waals surface area contributed by atoms with Gasteiger partial charge in [0.2, 0.25) is 0 Å². The second kappa shape index (κ2) is 7.84. The fourth-order valence-corrected chi connectivity index (χ4v) is 1.70. The van der Waals surface area contributed by atoms with E-state index in [4.69, 9.17) is 15.2 Å². The van der Waals surface area contributed by atoms with Gasteiger partial charge in [-0.3, -0.25) is 4.79 Å². The Morgan fingerprint density at radius 1 is 1.44 bits per heavy atom. The number of ether oxygens (including phenoxy) is 2. The molecule has 2 N–H and O–H groups in total. The first-order valence-corrected chi connectivity index (χ1v) is 6.20. The normalized spacial score (nSPS) is 12.2. The maximum atomic E-state index is 12.1. The first kappa shape index (κ1) is 14.7. The summed E-state index contributed by atoms with van der Waals surface area (Å²) >= 11 is 0. The molecule has 4 nitrogen and oxygen atoms in total. The van der Waals surface area contributed by atoms with Gasteiger partial charge in [0, 0.05) is 19.3 Å². The summed E-state index contributed by atoms with van der Waals surface area (Å²) in [5.74, 6) is 0.653. The molecule has 0 amide bonds. The van der Waals surface area contributed by atoms with Gasteiger partial charge in [-0.1, -0.05) is 12.1 Å². The van der Waals surface area contributed by atoms with Crippen molar-refractivity contribution in [1.82, 2.24) is 0 Å². The molecule has 1 aromatic carbocycles. The molecule has 100 valence electrons. The molecule has 0 saturated carbocycles. The van der Waals surface area contributed by atoms with Crippen LogP contribution in [0.25, 0.3) is 0 Å². The number of ketones is 1. The fraction of sp³-hybridized carbons (Fsp3) is 0.500. The zero-order valence-corrected chi connectivity index (χ0v) is 11.0. The summed E-state index contributed by atoms with van der Waals surface area (Å²) in [6, 6.07) is 6.66. The molecule has 0 aliphatic carbocycles. The van der Waals surface area contributed by atoms with E-state index < -0.39 is 6.04 Å². The Bertz CT molecular complexity index is 379. The largest absolute Gasteiger partial charge is 0.494 e. The van der Waals surface area contributed by atoms with E-state index in [9.17, 15) is 4.79 Å². The van der Waals surface area contributed by atoms with E-state index in [1.165, 1.54) is 0 Å². The average molecular weight is 251 g/mol. The van der Waals surface area contributed by atoms with Crippen molar-refractivity contribution in [2.24, 2.45) is 5.73 Å². The standard InChI is InChI=1S/C14H21NO3/c1-3-18-12-7-4-6-11(10-12)14(16)13(15)8-5-9-17-2/h4,6-7,10,13H,3,5,8-9,15H2,1-2H3. The highest BCUT2D eigenvalue weighted by molar-refractivity contribution is 6.00. The number of hydrogen-bond donors (Lipinski definition) is 1. The minimum Gasteiger partial charge on any atom is -0.494 e. The summed E-state index contributed by atoms with van der Waals surface area (Å²) in [4.78, 5) is 12.1. The van der Waals surface area contributed by atoms with Crippen LogP contribution in [0.4, 0.5) is 0 Å². The van der Waals surface area contributed by atoms with Crippen molar-refractivity contribution in [2.45, 2.75) is 25.8 Å². The summed E-state index contributed by atoms with van der Waals surface area (Å²) in [5, 5.41) is 0. The average Bonchev–Trinajstić information content (AvgIpc) is 2.39. The predicted octanol–water partition coefficient (Wildman–Crippen LogP) is 2.02. The molecule has 0 aromatic heterocycles. The predicted molar refractivity (Wildman–Crippen MR) is 71.0 cm³/mol. The molecule has 0 heterocycles. The Kier molecular flexibility index (Phi) is 6.39. The van der Waals surface area contributed by atoms with E-state index in [0.29, 0.717) is 30.9 Å². The number of carbonyl (C=O) groups is 1. The summed E-state index contributed by atoms with van der Waals surface area (Å²) < 4.78 is 10.3. The molecule has 1 aromatic rings. The lowest BCUT2D eigenvalue weighted by molar-refractivity contribution is 0.0950. The van der Waals surface area contributed by atoms with E-state index in [0.717, 1.165) is 6.42 Å². The molecule has 0 aliphatic rings. The van der Waals surface area contributed by atoms with Crippen LogP contribution in [0.5, 0.6) is 5.75 Å². The van der Waals surface area contributed by atoms with Gasteiger partial charge in [-0.2, -0.15) is 0 Å². The first-order chi connectivity index (χ1) is 8.69. The molecule has 4 heteroatoms. The van der Waals surface area contributed by atoms with Gasteiger partial charge in [0.05, 0.1) is 12.6 Å². The van der Waals surface area contributed by atoms with Crippen molar-refractivity contribution in [3.05, 3.63) is 29.8 Å². The van der Waals surface area contributed by atoms with Crippen LogP contribution in [0.1, 0.15) is 30.1 Å². The van der Waals surface area contributed by atoms with Crippen LogP contribution in [0.15, 0.2) is 24.3 Å². The number of hydrogen-bond acceptors (Lipinski definition) is 4. The van der Waals surface area contributed by atoms with Crippen molar-refractivity contribution in [2.75, 3.05) is 20.3 Å². The smallest absolute Gasteiger partial charge is 0.179 e. The number of carbonyl (C=O) groups excluding carboxylic acids is 1. The van der Waals surface area contributed by atoms with E-state index >= 15 is 0 Å². The fourth-order valence-electron chi connectivity index (χ4n) is 1.70. The van der Waals surface area contributed by atoms with Gasteiger partial charge in [-0.05, 0) is 31.9 Å². The van der Waals surface area contributed by atoms with Crippen LogP contribution in [0.3, 0.4) is 0 Å². The lowest BCUT2D eigenvalue weighted by Gasteiger charge is -2.11.